The lowest BCUT2D eigenvalue weighted by Crippen LogP contribution is -2.27. The summed E-state index contributed by atoms with van der Waals surface area (Å²) in [4.78, 5) is 6.71. The molecule has 3 heterocycles. The van der Waals surface area contributed by atoms with Crippen LogP contribution in [0.5, 0.6) is 0 Å². The smallest absolute Gasteiger partial charge is 0.117 e. The fourth-order valence-electron chi connectivity index (χ4n) is 2.23. The van der Waals surface area contributed by atoms with Crippen LogP contribution >= 0.6 is 0 Å². The zero-order chi connectivity index (χ0) is 14.3. The molecule has 0 aliphatic rings. The third-order valence-electron chi connectivity index (χ3n) is 3.28. The molecule has 3 aromatic heterocycles. The molecule has 0 radical (unpaired) electrons. The molecule has 21 heavy (non-hydrogen) atoms. The van der Waals surface area contributed by atoms with E-state index in [2.05, 4.69) is 15.0 Å². The number of hydrogen-bond donors (Lipinski definition) is 0. The second kappa shape index (κ2) is 6.85. The Morgan fingerprint density at radius 3 is 2.76 bits per heavy atom. The van der Waals surface area contributed by atoms with Crippen LogP contribution in [-0.2, 0) is 19.6 Å². The molecular weight excluding hydrogens is 264 g/mol. The zero-order valence-corrected chi connectivity index (χ0v) is 11.8. The molecule has 3 rings (SSSR count). The van der Waals surface area contributed by atoms with Crippen LogP contribution in [0.3, 0.4) is 0 Å². The van der Waals surface area contributed by atoms with E-state index < -0.39 is 0 Å². The fourth-order valence-corrected chi connectivity index (χ4v) is 2.23. The largest absolute Gasteiger partial charge is 0.468 e. The Labute approximate surface area is 123 Å². The zero-order valence-electron chi connectivity index (χ0n) is 11.8. The van der Waals surface area contributed by atoms with Crippen LogP contribution < -0.4 is 0 Å². The summed E-state index contributed by atoms with van der Waals surface area (Å²) in [5.74, 6) is 0.964. The predicted octanol–water partition coefficient (Wildman–Crippen LogP) is 2.57. The van der Waals surface area contributed by atoms with Crippen molar-refractivity contribution in [3.63, 3.8) is 0 Å². The SMILES string of the molecule is c1ccc(CN(CCn2cccn2)Cc2ccco2)nc1. The van der Waals surface area contributed by atoms with Crippen molar-refractivity contribution in [2.24, 2.45) is 0 Å². The summed E-state index contributed by atoms with van der Waals surface area (Å²) < 4.78 is 7.39. The highest BCUT2D eigenvalue weighted by atomic mass is 16.3. The van der Waals surface area contributed by atoms with Crippen LogP contribution in [0.1, 0.15) is 11.5 Å². The van der Waals surface area contributed by atoms with Gasteiger partial charge in [0.25, 0.3) is 0 Å². The van der Waals surface area contributed by atoms with Crippen molar-refractivity contribution >= 4 is 0 Å². The Hall–Kier alpha value is -2.40. The van der Waals surface area contributed by atoms with Crippen LogP contribution in [0.15, 0.2) is 65.7 Å². The van der Waals surface area contributed by atoms with E-state index in [1.54, 1.807) is 12.5 Å². The Morgan fingerprint density at radius 2 is 2.05 bits per heavy atom. The van der Waals surface area contributed by atoms with Gasteiger partial charge in [0.2, 0.25) is 0 Å². The lowest BCUT2D eigenvalue weighted by Gasteiger charge is -2.20. The Balaban J connectivity index is 1.64. The topological polar surface area (TPSA) is 47.1 Å². The summed E-state index contributed by atoms with van der Waals surface area (Å²) in [5, 5.41) is 4.24. The van der Waals surface area contributed by atoms with E-state index in [-0.39, 0.29) is 0 Å². The third kappa shape index (κ3) is 4.03. The highest BCUT2D eigenvalue weighted by Crippen LogP contribution is 2.09. The fraction of sp³-hybridized carbons (Fsp3) is 0.250. The molecule has 0 spiro atoms. The molecule has 0 fully saturated rings. The minimum absolute atomic E-state index is 0.769. The lowest BCUT2D eigenvalue weighted by molar-refractivity contribution is 0.221. The number of nitrogens with zero attached hydrogens (tertiary/aromatic N) is 4. The molecule has 3 aromatic rings. The first-order valence-corrected chi connectivity index (χ1v) is 7.02. The Bertz CT molecular complexity index is 620. The van der Waals surface area contributed by atoms with E-state index in [1.165, 1.54) is 0 Å². The van der Waals surface area contributed by atoms with E-state index in [9.17, 15) is 0 Å². The molecule has 0 bridgehead atoms. The molecular formula is C16H18N4O. The van der Waals surface area contributed by atoms with Gasteiger partial charge in [-0.2, -0.15) is 5.10 Å². The lowest BCUT2D eigenvalue weighted by atomic mass is 10.3. The van der Waals surface area contributed by atoms with Gasteiger partial charge in [0.1, 0.15) is 5.76 Å². The van der Waals surface area contributed by atoms with Gasteiger partial charge in [-0.3, -0.25) is 14.6 Å². The van der Waals surface area contributed by atoms with Crippen molar-refractivity contribution in [3.05, 3.63) is 72.7 Å². The highest BCUT2D eigenvalue weighted by Gasteiger charge is 2.10. The number of aromatic nitrogens is 3. The molecule has 108 valence electrons. The molecule has 0 amide bonds. The van der Waals surface area contributed by atoms with E-state index in [4.69, 9.17) is 4.42 Å². The minimum atomic E-state index is 0.769. The summed E-state index contributed by atoms with van der Waals surface area (Å²) >= 11 is 0. The maximum atomic E-state index is 5.45. The molecule has 5 nitrogen and oxygen atoms in total. The molecule has 0 aromatic carbocycles. The van der Waals surface area contributed by atoms with Gasteiger partial charge >= 0.3 is 0 Å². The first-order valence-electron chi connectivity index (χ1n) is 7.02. The normalized spacial score (nSPS) is 11.1. The van der Waals surface area contributed by atoms with Gasteiger partial charge < -0.3 is 4.42 Å². The van der Waals surface area contributed by atoms with Gasteiger partial charge in [0.15, 0.2) is 0 Å². The molecule has 0 saturated heterocycles. The van der Waals surface area contributed by atoms with Crippen LogP contribution in [-0.4, -0.2) is 26.2 Å². The quantitative estimate of drug-likeness (QED) is 0.668. The third-order valence-corrected chi connectivity index (χ3v) is 3.28. The van der Waals surface area contributed by atoms with Crippen LogP contribution in [0.4, 0.5) is 0 Å². The number of hydrogen-bond acceptors (Lipinski definition) is 4. The van der Waals surface area contributed by atoms with E-state index >= 15 is 0 Å². The van der Waals surface area contributed by atoms with Crippen molar-refractivity contribution in [2.45, 2.75) is 19.6 Å². The average molecular weight is 282 g/mol. The number of pyridine rings is 1. The van der Waals surface area contributed by atoms with Crippen molar-refractivity contribution in [1.82, 2.24) is 19.7 Å². The second-order valence-electron chi connectivity index (χ2n) is 4.88. The predicted molar refractivity (Wildman–Crippen MR) is 79.3 cm³/mol. The van der Waals surface area contributed by atoms with E-state index in [0.29, 0.717) is 0 Å². The Morgan fingerprint density at radius 1 is 1.05 bits per heavy atom. The first kappa shape index (κ1) is 13.6. The van der Waals surface area contributed by atoms with Gasteiger partial charge in [0, 0.05) is 31.7 Å². The highest BCUT2D eigenvalue weighted by molar-refractivity contribution is 5.04. The molecule has 0 aliphatic carbocycles. The second-order valence-corrected chi connectivity index (χ2v) is 4.88. The van der Waals surface area contributed by atoms with E-state index in [0.717, 1.165) is 37.6 Å². The molecule has 0 unspecified atom stereocenters. The molecule has 0 N–H and O–H groups in total. The van der Waals surface area contributed by atoms with Crippen molar-refractivity contribution in [2.75, 3.05) is 6.54 Å². The molecule has 0 aliphatic heterocycles. The molecule has 0 saturated carbocycles. The minimum Gasteiger partial charge on any atom is -0.468 e. The number of rotatable bonds is 7. The summed E-state index contributed by atoms with van der Waals surface area (Å²) in [6.07, 6.45) is 7.32. The van der Waals surface area contributed by atoms with Crippen molar-refractivity contribution < 1.29 is 4.42 Å². The maximum Gasteiger partial charge on any atom is 0.117 e. The van der Waals surface area contributed by atoms with Gasteiger partial charge in [-0.15, -0.1) is 0 Å². The van der Waals surface area contributed by atoms with Crippen LogP contribution in [0.25, 0.3) is 0 Å². The molecule has 0 atom stereocenters. The number of furan rings is 1. The Kier molecular flexibility index (Phi) is 4.43. The standard InChI is InChI=1S/C16H18N4O/c1-2-7-17-15(5-1)13-19(14-16-6-3-12-21-16)10-11-20-9-4-8-18-20/h1-9,12H,10-11,13-14H2. The van der Waals surface area contributed by atoms with Crippen molar-refractivity contribution in [1.29, 1.82) is 0 Å². The monoisotopic (exact) mass is 282 g/mol. The summed E-state index contributed by atoms with van der Waals surface area (Å²) in [7, 11) is 0. The van der Waals surface area contributed by atoms with Gasteiger partial charge in [-0.25, -0.2) is 0 Å². The van der Waals surface area contributed by atoms with Crippen LogP contribution in [0, 0.1) is 0 Å². The average Bonchev–Trinajstić information content (AvgIpc) is 3.19. The summed E-state index contributed by atoms with van der Waals surface area (Å²) in [6, 6.07) is 11.9. The van der Waals surface area contributed by atoms with Crippen molar-refractivity contribution in [3.8, 4) is 0 Å². The van der Waals surface area contributed by atoms with Crippen LogP contribution in [0.2, 0.25) is 0 Å². The molecule has 5 heteroatoms. The van der Waals surface area contributed by atoms with Gasteiger partial charge in [-0.05, 0) is 30.3 Å². The maximum absolute atomic E-state index is 5.45. The first-order chi connectivity index (χ1) is 10.4. The van der Waals surface area contributed by atoms with E-state index in [1.807, 2.05) is 53.5 Å². The summed E-state index contributed by atoms with van der Waals surface area (Å²) in [6.45, 7) is 3.30. The van der Waals surface area contributed by atoms with Gasteiger partial charge in [0.05, 0.1) is 25.0 Å². The summed E-state index contributed by atoms with van der Waals surface area (Å²) in [5.41, 5.74) is 1.06. The van der Waals surface area contributed by atoms with Gasteiger partial charge in [-0.1, -0.05) is 6.07 Å².